The molecule has 2 aliphatic rings. The first-order valence-corrected chi connectivity index (χ1v) is 25.7. The van der Waals surface area contributed by atoms with Crippen LogP contribution in [0.3, 0.4) is 0 Å². The molecule has 5 heterocycles. The molecular weight excluding hydrogens is 966 g/mol. The van der Waals surface area contributed by atoms with E-state index in [9.17, 15) is 46.7 Å². The highest BCUT2D eigenvalue weighted by atomic mass is 32.2. The number of ether oxygens (including phenoxy) is 2. The molecule has 5 N–H and O–H groups in total. The molecule has 6 rings (SSSR count). The van der Waals surface area contributed by atoms with Crippen LogP contribution in [0, 0.1) is 42.3 Å². The number of sulfone groups is 1. The van der Waals surface area contributed by atoms with Gasteiger partial charge in [-0.3, -0.25) is 24.0 Å². The number of nitrogens with zero attached hydrogens (tertiary/aromatic N) is 5. The molecule has 0 radical (unpaired) electrons. The summed E-state index contributed by atoms with van der Waals surface area (Å²) in [4.78, 5) is 93.7. The van der Waals surface area contributed by atoms with Gasteiger partial charge < -0.3 is 45.3 Å². The number of halogens is 1. The van der Waals surface area contributed by atoms with E-state index in [4.69, 9.17) is 14.5 Å². The molecule has 0 saturated heterocycles. The van der Waals surface area contributed by atoms with Crippen LogP contribution in [0.1, 0.15) is 99.1 Å². The van der Waals surface area contributed by atoms with Gasteiger partial charge in [0.25, 0.3) is 5.56 Å². The monoisotopic (exact) mass is 1030 g/mol. The van der Waals surface area contributed by atoms with E-state index >= 15 is 0 Å². The Morgan fingerprint density at radius 2 is 1.73 bits per heavy atom. The van der Waals surface area contributed by atoms with Gasteiger partial charge in [-0.2, -0.15) is 0 Å². The number of carbonyl (C=O) groups is 5. The summed E-state index contributed by atoms with van der Waals surface area (Å²) in [6.45, 7) is 6.36. The van der Waals surface area contributed by atoms with E-state index in [-0.39, 0.29) is 79.4 Å². The smallest absolute Gasteiger partial charge is 0.343 e. The van der Waals surface area contributed by atoms with Gasteiger partial charge in [0.1, 0.15) is 37.8 Å². The summed E-state index contributed by atoms with van der Waals surface area (Å²) in [5, 5.41) is 22.2. The molecule has 3 aromatic heterocycles. The van der Waals surface area contributed by atoms with Crippen molar-refractivity contribution in [1.82, 2.24) is 45.7 Å². The number of hydrogen-bond acceptors (Lipinski definition) is 15. The number of fused-ring (bicyclic) bond motifs is 5. The van der Waals surface area contributed by atoms with Crippen molar-refractivity contribution < 1.29 is 51.4 Å². The predicted octanol–water partition coefficient (Wildman–Crippen LogP) is 1.86. The molecule has 3 atom stereocenters. The van der Waals surface area contributed by atoms with Gasteiger partial charge in [0, 0.05) is 59.6 Å². The summed E-state index contributed by atoms with van der Waals surface area (Å²) in [7, 11) is 0.299. The lowest BCUT2D eigenvalue weighted by molar-refractivity contribution is -0.172. The summed E-state index contributed by atoms with van der Waals surface area (Å²) >= 11 is 0. The second-order valence-corrected chi connectivity index (χ2v) is 20.4. The van der Waals surface area contributed by atoms with Crippen molar-refractivity contribution in [2.75, 3.05) is 46.8 Å². The zero-order valence-corrected chi connectivity index (χ0v) is 42.7. The lowest BCUT2D eigenvalue weighted by atomic mass is 9.86. The number of nitrogens with one attached hydrogen (secondary N) is 4. The van der Waals surface area contributed by atoms with Crippen LogP contribution in [-0.2, 0) is 62.0 Å². The quantitative estimate of drug-likeness (QED) is 0.0245. The largest absolute Gasteiger partial charge is 0.458 e. The summed E-state index contributed by atoms with van der Waals surface area (Å²) < 4.78 is 50.3. The fourth-order valence-corrected chi connectivity index (χ4v) is 8.71. The maximum atomic E-state index is 14.9. The first-order chi connectivity index (χ1) is 34.6. The predicted molar refractivity (Wildman–Crippen MR) is 265 cm³/mol. The van der Waals surface area contributed by atoms with Crippen LogP contribution in [0.5, 0.6) is 0 Å². The Morgan fingerprint density at radius 1 is 0.986 bits per heavy atom. The molecule has 0 aliphatic carbocycles. The summed E-state index contributed by atoms with van der Waals surface area (Å²) in [6, 6.07) is 2.48. The maximum Gasteiger partial charge on any atom is 0.343 e. The zero-order chi connectivity index (χ0) is 53.2. The number of rotatable bonds is 20. The molecular formula is C51H60FN9O11S. The minimum Gasteiger partial charge on any atom is -0.458 e. The number of aliphatic hydroxyl groups is 1. The average Bonchev–Trinajstić information content (AvgIpc) is 3.71. The number of unbranched alkanes of at least 4 members (excludes halogenated alkanes) is 2. The van der Waals surface area contributed by atoms with E-state index < -0.39 is 69.1 Å². The Bertz CT molecular complexity index is 3100. The van der Waals surface area contributed by atoms with Crippen molar-refractivity contribution >= 4 is 50.3 Å². The summed E-state index contributed by atoms with van der Waals surface area (Å²) in [5.41, 5.74) is 0.560. The highest BCUT2D eigenvalue weighted by Crippen LogP contribution is 2.40. The molecule has 1 aromatic carbocycles. The number of aromatic nitrogens is 4. The van der Waals surface area contributed by atoms with Gasteiger partial charge in [-0.05, 0) is 83.3 Å². The van der Waals surface area contributed by atoms with Crippen LogP contribution in [0.15, 0.2) is 40.5 Å². The van der Waals surface area contributed by atoms with Gasteiger partial charge in [-0.1, -0.05) is 44.5 Å². The fraction of sp³-hybridized carbons (Fsp3) is 0.471. The number of pyridine rings is 2. The average molecular weight is 1030 g/mol. The first kappa shape index (κ1) is 55.2. The van der Waals surface area contributed by atoms with E-state index in [1.165, 1.54) is 23.0 Å². The van der Waals surface area contributed by atoms with Crippen LogP contribution >= 0.6 is 0 Å². The molecule has 0 spiro atoms. The van der Waals surface area contributed by atoms with Gasteiger partial charge in [-0.25, -0.2) is 32.6 Å². The number of carbonyl (C=O) groups excluding carboxylic acids is 5. The number of amides is 4. The van der Waals surface area contributed by atoms with Gasteiger partial charge in [0.2, 0.25) is 38.6 Å². The Morgan fingerprint density at radius 3 is 2.41 bits per heavy atom. The van der Waals surface area contributed by atoms with Crippen LogP contribution in [0.2, 0.25) is 0 Å². The van der Waals surface area contributed by atoms with Crippen LogP contribution in [0.25, 0.3) is 22.3 Å². The second kappa shape index (κ2) is 24.1. The molecule has 388 valence electrons. The second-order valence-electron chi connectivity index (χ2n) is 18.5. The van der Waals surface area contributed by atoms with Crippen molar-refractivity contribution in [3.8, 4) is 35.1 Å². The normalized spacial score (nSPS) is 15.4. The van der Waals surface area contributed by atoms with E-state index in [2.05, 4.69) is 54.9 Å². The lowest BCUT2D eigenvalue weighted by Crippen LogP contribution is -2.56. The third-order valence-electron chi connectivity index (χ3n) is 12.3. The number of benzene rings is 1. The maximum absolute atomic E-state index is 14.9. The molecule has 0 saturated carbocycles. The van der Waals surface area contributed by atoms with Crippen LogP contribution in [0.4, 0.5) is 4.39 Å². The van der Waals surface area contributed by atoms with Gasteiger partial charge in [0.05, 0.1) is 41.1 Å². The van der Waals surface area contributed by atoms with Crippen molar-refractivity contribution in [3.63, 3.8) is 0 Å². The summed E-state index contributed by atoms with van der Waals surface area (Å²) in [6.07, 6.45) is 5.92. The van der Waals surface area contributed by atoms with E-state index in [1.807, 2.05) is 19.0 Å². The number of aryl methyl sites for hydroxylation is 1. The SMILES string of the molecule is CC[C@@]1(O)C(=O)OCc2c1cc1n(c2=O)Cc2c-1nc1cc(F)c(C)cc1c2C#CCOCNC(=O)CNC(=O)[C@H](CCCCN(C)C)NC(=O)[C@@H](NC(=O)CCCC#Cc1cnc(S(C)(=O)=O)nc1)C(C)C. The van der Waals surface area contributed by atoms with Crippen molar-refractivity contribution in [2.45, 2.75) is 109 Å². The standard InChI is InChI=1S/C51H60FN9O11S/c1-8-51(68)37-22-41-45-35(27-61(41)48(66)36(37)28-72-49(51)67)33(34-21-31(4)38(52)23-40(34)57-45)16-14-20-71-29-56-43(63)26-53-46(64)39(17-12-13-19-60(5)6)58-47(65)44(30(2)3)59-42(62)18-11-9-10-15-32-24-54-50(55-25-32)73(7,69)70/h21-25,30,39,44,68H,8-9,11-13,17-20,26-29H2,1-7H3,(H,53,64)(H,56,63)(H,58,65)(H,59,62)/t39-,44-,51-/m0/s1. The van der Waals surface area contributed by atoms with Crippen molar-refractivity contribution in [3.05, 3.63) is 80.1 Å². The lowest BCUT2D eigenvalue weighted by Gasteiger charge is -2.31. The highest BCUT2D eigenvalue weighted by Gasteiger charge is 2.45. The Hall–Kier alpha value is -7.11. The molecule has 2 aliphatic heterocycles. The zero-order valence-electron chi connectivity index (χ0n) is 41.9. The number of esters is 1. The minimum atomic E-state index is -3.54. The molecule has 20 nitrogen and oxygen atoms in total. The Balaban J connectivity index is 1.03. The van der Waals surface area contributed by atoms with Crippen molar-refractivity contribution in [1.29, 1.82) is 0 Å². The van der Waals surface area contributed by atoms with Gasteiger partial charge >= 0.3 is 5.97 Å². The Kier molecular flexibility index (Phi) is 18.2. The highest BCUT2D eigenvalue weighted by molar-refractivity contribution is 7.90. The molecule has 73 heavy (non-hydrogen) atoms. The first-order valence-electron chi connectivity index (χ1n) is 23.8. The van der Waals surface area contributed by atoms with Gasteiger partial charge in [-0.15, -0.1) is 0 Å². The third-order valence-corrected chi connectivity index (χ3v) is 13.2. The van der Waals surface area contributed by atoms with Gasteiger partial charge in [0.15, 0.2) is 5.60 Å². The topological polar surface area (TPSA) is 270 Å². The fourth-order valence-electron chi connectivity index (χ4n) is 8.22. The van der Waals surface area contributed by atoms with E-state index in [0.717, 1.165) is 19.2 Å². The van der Waals surface area contributed by atoms with Crippen molar-refractivity contribution in [2.24, 2.45) is 5.92 Å². The molecule has 4 amide bonds. The molecule has 0 fully saturated rings. The Labute approximate surface area is 422 Å². The molecule has 0 unspecified atom stereocenters. The van der Waals surface area contributed by atoms with Crippen LogP contribution < -0.4 is 26.8 Å². The minimum absolute atomic E-state index is 0.0340. The third kappa shape index (κ3) is 13.5. The van der Waals surface area contributed by atoms with Crippen LogP contribution in [-0.4, -0.2) is 126 Å². The van der Waals surface area contributed by atoms with E-state index in [0.29, 0.717) is 58.3 Å². The number of hydrogen-bond donors (Lipinski definition) is 5. The number of cyclic esters (lactones) is 1. The molecule has 22 heteroatoms. The van der Waals surface area contributed by atoms with E-state index in [1.54, 1.807) is 39.8 Å². The summed E-state index contributed by atoms with van der Waals surface area (Å²) in [5.74, 6) is 7.92. The molecule has 4 aromatic rings. The molecule has 0 bridgehead atoms.